The first-order valence-corrected chi connectivity index (χ1v) is 4.61. The lowest BCUT2D eigenvalue weighted by Gasteiger charge is -2.02. The van der Waals surface area contributed by atoms with Gasteiger partial charge in [-0.05, 0) is 31.4 Å². The second kappa shape index (κ2) is 3.34. The topological polar surface area (TPSA) is 38.0 Å². The molecule has 70 valence electrons. The molecule has 2 rings (SSSR count). The van der Waals surface area contributed by atoms with Gasteiger partial charge in [-0.2, -0.15) is 0 Å². The first kappa shape index (κ1) is 8.51. The molecule has 1 saturated carbocycles. The molecule has 0 bridgehead atoms. The first-order valence-electron chi connectivity index (χ1n) is 4.61. The molecule has 0 aliphatic heterocycles. The van der Waals surface area contributed by atoms with Gasteiger partial charge >= 0.3 is 0 Å². The minimum Gasteiger partial charge on any atom is -0.392 e. The van der Waals surface area contributed by atoms with Crippen molar-refractivity contribution in [3.63, 3.8) is 0 Å². The van der Waals surface area contributed by atoms with Crippen molar-refractivity contribution >= 4 is 6.08 Å². The highest BCUT2D eigenvalue weighted by Crippen LogP contribution is 2.35. The minimum atomic E-state index is 0.121. The van der Waals surface area contributed by atoms with E-state index in [1.54, 1.807) is 0 Å². The van der Waals surface area contributed by atoms with Gasteiger partial charge in [0.15, 0.2) is 0 Å². The van der Waals surface area contributed by atoms with Crippen LogP contribution in [0, 0.1) is 0 Å². The summed E-state index contributed by atoms with van der Waals surface area (Å²) in [5, 5.41) is 8.88. The number of aliphatic hydroxyl groups is 1. The first-order chi connectivity index (χ1) is 6.31. The monoisotopic (exact) mass is 178 g/mol. The summed E-state index contributed by atoms with van der Waals surface area (Å²) in [6, 6.07) is 0.653. The van der Waals surface area contributed by atoms with Crippen LogP contribution in [0.4, 0.5) is 0 Å². The molecule has 1 N–H and O–H groups in total. The second-order valence-corrected chi connectivity index (χ2v) is 3.61. The summed E-state index contributed by atoms with van der Waals surface area (Å²) < 4.78 is 2.18. The fourth-order valence-electron chi connectivity index (χ4n) is 1.38. The van der Waals surface area contributed by atoms with Gasteiger partial charge in [-0.1, -0.05) is 0 Å². The van der Waals surface area contributed by atoms with Crippen LogP contribution in [-0.2, 0) is 0 Å². The maximum Gasteiger partial charge on any atom is 0.0953 e. The summed E-state index contributed by atoms with van der Waals surface area (Å²) in [5.41, 5.74) is 2.08. The summed E-state index contributed by atoms with van der Waals surface area (Å²) in [6.45, 7) is 2.04. The fourth-order valence-corrected chi connectivity index (χ4v) is 1.38. The normalized spacial score (nSPS) is 17.8. The largest absolute Gasteiger partial charge is 0.392 e. The van der Waals surface area contributed by atoms with Crippen molar-refractivity contribution in [1.82, 2.24) is 9.55 Å². The molecule has 0 atom stereocenters. The quantitative estimate of drug-likeness (QED) is 0.763. The molecule has 0 saturated heterocycles. The molecule has 0 aromatic carbocycles. The zero-order valence-corrected chi connectivity index (χ0v) is 7.77. The molecule has 0 spiro atoms. The van der Waals surface area contributed by atoms with Gasteiger partial charge in [0, 0.05) is 6.04 Å². The van der Waals surface area contributed by atoms with E-state index in [9.17, 15) is 0 Å². The smallest absolute Gasteiger partial charge is 0.0953 e. The molecule has 1 heterocycles. The number of imidazole rings is 1. The zero-order valence-electron chi connectivity index (χ0n) is 7.77. The lowest BCUT2D eigenvalue weighted by molar-refractivity contribution is 0.332. The Balaban J connectivity index is 2.23. The molecule has 3 nitrogen and oxygen atoms in total. The highest BCUT2D eigenvalue weighted by Gasteiger charge is 2.24. The Morgan fingerprint density at radius 1 is 1.77 bits per heavy atom. The lowest BCUT2D eigenvalue weighted by Crippen LogP contribution is -1.95. The van der Waals surface area contributed by atoms with Gasteiger partial charge in [-0.3, -0.25) is 0 Å². The molecule has 0 radical (unpaired) electrons. The van der Waals surface area contributed by atoms with Gasteiger partial charge in [0.05, 0.1) is 24.8 Å². The second-order valence-electron chi connectivity index (χ2n) is 3.61. The average Bonchev–Trinajstić information content (AvgIpc) is 2.88. The molecule has 1 aromatic rings. The summed E-state index contributed by atoms with van der Waals surface area (Å²) in [6.07, 6.45) is 8.22. The summed E-state index contributed by atoms with van der Waals surface area (Å²) in [4.78, 5) is 4.11. The van der Waals surface area contributed by atoms with E-state index in [1.807, 2.05) is 25.5 Å². The number of aliphatic hydroxyl groups excluding tert-OH is 1. The highest BCUT2D eigenvalue weighted by molar-refractivity contribution is 5.48. The van der Waals surface area contributed by atoms with Crippen molar-refractivity contribution in [1.29, 1.82) is 0 Å². The van der Waals surface area contributed by atoms with Crippen molar-refractivity contribution in [3.8, 4) is 0 Å². The van der Waals surface area contributed by atoms with Gasteiger partial charge in [0.1, 0.15) is 0 Å². The summed E-state index contributed by atoms with van der Waals surface area (Å²) >= 11 is 0. The Morgan fingerprint density at radius 3 is 3.15 bits per heavy atom. The molecule has 3 heteroatoms. The predicted molar refractivity (Wildman–Crippen MR) is 51.2 cm³/mol. The SMILES string of the molecule is CC(=Cc1cncn1C1CC1)CO. The van der Waals surface area contributed by atoms with Crippen LogP contribution < -0.4 is 0 Å². The van der Waals surface area contributed by atoms with E-state index in [4.69, 9.17) is 5.11 Å². The van der Waals surface area contributed by atoms with Crippen LogP contribution in [-0.4, -0.2) is 21.3 Å². The predicted octanol–water partition coefficient (Wildman–Crippen LogP) is 1.61. The van der Waals surface area contributed by atoms with Crippen LogP contribution in [0.5, 0.6) is 0 Å². The van der Waals surface area contributed by atoms with Crippen LogP contribution in [0.1, 0.15) is 31.5 Å². The Hall–Kier alpha value is -1.09. The van der Waals surface area contributed by atoms with Gasteiger partial charge in [0.25, 0.3) is 0 Å². The lowest BCUT2D eigenvalue weighted by atomic mass is 10.2. The van der Waals surface area contributed by atoms with Crippen LogP contribution in [0.15, 0.2) is 18.1 Å². The van der Waals surface area contributed by atoms with Gasteiger partial charge < -0.3 is 9.67 Å². The molecule has 0 amide bonds. The number of hydrogen-bond donors (Lipinski definition) is 1. The number of aromatic nitrogens is 2. The third-order valence-electron chi connectivity index (χ3n) is 2.28. The number of hydrogen-bond acceptors (Lipinski definition) is 2. The summed E-state index contributed by atoms with van der Waals surface area (Å²) in [5.74, 6) is 0. The maximum atomic E-state index is 8.88. The third-order valence-corrected chi connectivity index (χ3v) is 2.28. The molecule has 13 heavy (non-hydrogen) atoms. The van der Waals surface area contributed by atoms with E-state index in [2.05, 4.69) is 9.55 Å². The Morgan fingerprint density at radius 2 is 2.54 bits per heavy atom. The molecular formula is C10H14N2O. The van der Waals surface area contributed by atoms with Crippen molar-refractivity contribution in [2.24, 2.45) is 0 Å². The molecule has 1 fully saturated rings. The highest BCUT2D eigenvalue weighted by atomic mass is 16.3. The van der Waals surface area contributed by atoms with Crippen molar-refractivity contribution < 1.29 is 5.11 Å². The van der Waals surface area contributed by atoms with Crippen molar-refractivity contribution in [2.75, 3.05) is 6.61 Å². The number of nitrogens with zero attached hydrogens (tertiary/aromatic N) is 2. The summed E-state index contributed by atoms with van der Waals surface area (Å²) in [7, 11) is 0. The Labute approximate surface area is 77.7 Å². The maximum absolute atomic E-state index is 8.88. The molecule has 0 unspecified atom stereocenters. The van der Waals surface area contributed by atoms with Gasteiger partial charge in [-0.15, -0.1) is 0 Å². The zero-order chi connectivity index (χ0) is 9.26. The standard InChI is InChI=1S/C10H14N2O/c1-8(6-13)4-10-5-11-7-12(10)9-2-3-9/h4-5,7,9,13H,2-3,6H2,1H3. The van der Waals surface area contributed by atoms with E-state index >= 15 is 0 Å². The number of rotatable bonds is 3. The van der Waals surface area contributed by atoms with Gasteiger partial charge in [0.2, 0.25) is 0 Å². The van der Waals surface area contributed by atoms with E-state index in [0.717, 1.165) is 11.3 Å². The van der Waals surface area contributed by atoms with Crippen LogP contribution in [0.25, 0.3) is 6.08 Å². The Kier molecular flexibility index (Phi) is 2.19. The van der Waals surface area contributed by atoms with Crippen molar-refractivity contribution in [3.05, 3.63) is 23.8 Å². The van der Waals surface area contributed by atoms with E-state index in [-0.39, 0.29) is 6.61 Å². The molecule has 1 aliphatic rings. The average molecular weight is 178 g/mol. The van der Waals surface area contributed by atoms with Gasteiger partial charge in [-0.25, -0.2) is 4.98 Å². The molecule has 1 aromatic heterocycles. The molecule has 1 aliphatic carbocycles. The van der Waals surface area contributed by atoms with Crippen LogP contribution >= 0.6 is 0 Å². The Bertz CT molecular complexity index is 323. The van der Waals surface area contributed by atoms with Crippen LogP contribution in [0.3, 0.4) is 0 Å². The third kappa shape index (κ3) is 1.80. The van der Waals surface area contributed by atoms with Crippen molar-refractivity contribution in [2.45, 2.75) is 25.8 Å². The van der Waals surface area contributed by atoms with E-state index < -0.39 is 0 Å². The van der Waals surface area contributed by atoms with E-state index in [0.29, 0.717) is 6.04 Å². The van der Waals surface area contributed by atoms with E-state index in [1.165, 1.54) is 12.8 Å². The minimum absolute atomic E-state index is 0.121. The fraction of sp³-hybridized carbons (Fsp3) is 0.500. The van der Waals surface area contributed by atoms with Crippen LogP contribution in [0.2, 0.25) is 0 Å². The molecular weight excluding hydrogens is 164 g/mol.